The Hall–Kier alpha value is -2.02. The number of carbonyl (C=O) groups is 1. The second-order valence-electron chi connectivity index (χ2n) is 8.17. The van der Waals surface area contributed by atoms with Gasteiger partial charge < -0.3 is 10.8 Å². The zero-order chi connectivity index (χ0) is 17.1. The SMILES string of the molecule is C[C@]12CCC3c4cc(C#N)c(O)cc4CCC3C1CC[C@@H]2C(N)=O. The summed E-state index contributed by atoms with van der Waals surface area (Å²) in [6.07, 6.45) is 6.13. The van der Waals surface area contributed by atoms with E-state index < -0.39 is 0 Å². The molecule has 4 nitrogen and oxygen atoms in total. The molecule has 3 aliphatic carbocycles. The van der Waals surface area contributed by atoms with Gasteiger partial charge in [0.1, 0.15) is 11.8 Å². The van der Waals surface area contributed by atoms with Crippen LogP contribution in [0.2, 0.25) is 0 Å². The number of rotatable bonds is 1. The number of carbonyl (C=O) groups excluding carboxylic acids is 1. The van der Waals surface area contributed by atoms with Crippen LogP contribution < -0.4 is 5.73 Å². The molecule has 1 amide bonds. The van der Waals surface area contributed by atoms with Gasteiger partial charge in [-0.25, -0.2) is 0 Å². The van der Waals surface area contributed by atoms with Crippen LogP contribution in [0, 0.1) is 34.5 Å². The molecule has 0 aromatic heterocycles. The van der Waals surface area contributed by atoms with Crippen LogP contribution in [-0.4, -0.2) is 11.0 Å². The summed E-state index contributed by atoms with van der Waals surface area (Å²) < 4.78 is 0. The van der Waals surface area contributed by atoms with E-state index in [1.807, 2.05) is 6.07 Å². The van der Waals surface area contributed by atoms with Gasteiger partial charge in [0, 0.05) is 5.92 Å². The van der Waals surface area contributed by atoms with Gasteiger partial charge in [-0.15, -0.1) is 0 Å². The fourth-order valence-corrected chi connectivity index (χ4v) is 6.17. The Labute approximate surface area is 142 Å². The largest absolute Gasteiger partial charge is 0.507 e. The Kier molecular flexibility index (Phi) is 3.38. The van der Waals surface area contributed by atoms with E-state index in [9.17, 15) is 15.2 Å². The molecule has 3 aliphatic rings. The highest BCUT2D eigenvalue weighted by atomic mass is 16.3. The summed E-state index contributed by atoms with van der Waals surface area (Å²) in [6.45, 7) is 2.27. The summed E-state index contributed by atoms with van der Waals surface area (Å²) in [5.41, 5.74) is 8.56. The maximum absolute atomic E-state index is 11.9. The molecule has 0 bridgehead atoms. The standard InChI is InChI=1S/C20H24N2O2/c1-20-7-6-13-14(16(20)4-5-17(20)19(22)24)3-2-11-9-18(23)12(10-21)8-15(11)13/h8-9,13-14,16-17,23H,2-7H2,1H3,(H2,22,24)/t13?,14?,16?,17-,20+/m1/s1. The molecule has 4 heteroatoms. The zero-order valence-corrected chi connectivity index (χ0v) is 14.1. The third kappa shape index (κ3) is 2.00. The number of aromatic hydroxyl groups is 1. The molecule has 3 unspecified atom stereocenters. The Morgan fingerprint density at radius 3 is 2.83 bits per heavy atom. The molecule has 2 saturated carbocycles. The van der Waals surface area contributed by atoms with Crippen molar-refractivity contribution in [3.8, 4) is 11.8 Å². The van der Waals surface area contributed by atoms with E-state index in [1.54, 1.807) is 6.07 Å². The molecular formula is C20H24N2O2. The number of primary amides is 1. The minimum atomic E-state index is -0.133. The number of phenolic OH excluding ortho intramolecular Hbond substituents is 1. The smallest absolute Gasteiger partial charge is 0.221 e. The van der Waals surface area contributed by atoms with E-state index in [4.69, 9.17) is 5.73 Å². The molecule has 1 aromatic carbocycles. The van der Waals surface area contributed by atoms with Crippen molar-refractivity contribution in [1.29, 1.82) is 5.26 Å². The quantitative estimate of drug-likeness (QED) is 0.831. The number of nitrogens with zero attached hydrogens (tertiary/aromatic N) is 1. The average molecular weight is 324 g/mol. The fourth-order valence-electron chi connectivity index (χ4n) is 6.17. The van der Waals surface area contributed by atoms with Crippen LogP contribution in [0.15, 0.2) is 12.1 Å². The first-order valence-electron chi connectivity index (χ1n) is 9.01. The molecule has 0 spiro atoms. The number of aryl methyl sites for hydroxylation is 1. The molecule has 0 radical (unpaired) electrons. The molecule has 2 fully saturated rings. The number of nitriles is 1. The van der Waals surface area contributed by atoms with Crippen molar-refractivity contribution in [1.82, 2.24) is 0 Å². The van der Waals surface area contributed by atoms with Gasteiger partial charge in [-0.3, -0.25) is 4.79 Å². The second-order valence-corrected chi connectivity index (χ2v) is 8.17. The van der Waals surface area contributed by atoms with E-state index >= 15 is 0 Å². The second kappa shape index (κ2) is 5.24. The van der Waals surface area contributed by atoms with Gasteiger partial charge in [0.05, 0.1) is 5.56 Å². The van der Waals surface area contributed by atoms with E-state index in [0.29, 0.717) is 23.3 Å². The van der Waals surface area contributed by atoms with Gasteiger partial charge in [0.2, 0.25) is 5.91 Å². The molecular weight excluding hydrogens is 300 g/mol. The summed E-state index contributed by atoms with van der Waals surface area (Å²) in [5.74, 6) is 1.54. The number of phenols is 1. The van der Waals surface area contributed by atoms with Crippen LogP contribution in [0.1, 0.15) is 61.6 Å². The van der Waals surface area contributed by atoms with Crippen LogP contribution in [0.25, 0.3) is 0 Å². The maximum Gasteiger partial charge on any atom is 0.221 e. The minimum absolute atomic E-state index is 0.0133. The predicted molar refractivity (Wildman–Crippen MR) is 90.1 cm³/mol. The molecule has 4 rings (SSSR count). The fraction of sp³-hybridized carbons (Fsp3) is 0.600. The summed E-state index contributed by atoms with van der Waals surface area (Å²) in [7, 11) is 0. The van der Waals surface area contributed by atoms with Gasteiger partial charge in [0.25, 0.3) is 0 Å². The van der Waals surface area contributed by atoms with Crippen LogP contribution in [0.5, 0.6) is 5.75 Å². The summed E-state index contributed by atoms with van der Waals surface area (Å²) in [5, 5.41) is 19.2. The Balaban J connectivity index is 1.72. The number of hydrogen-bond acceptors (Lipinski definition) is 3. The number of nitrogens with two attached hydrogens (primary N) is 1. The van der Waals surface area contributed by atoms with Crippen LogP contribution in [-0.2, 0) is 11.2 Å². The molecule has 0 saturated heterocycles. The molecule has 0 aliphatic heterocycles. The Morgan fingerprint density at radius 1 is 1.33 bits per heavy atom. The molecule has 5 atom stereocenters. The molecule has 3 N–H and O–H groups in total. The lowest BCUT2D eigenvalue weighted by Crippen LogP contribution is -2.45. The van der Waals surface area contributed by atoms with Crippen molar-refractivity contribution in [2.24, 2.45) is 28.9 Å². The van der Waals surface area contributed by atoms with Crippen LogP contribution in [0.4, 0.5) is 0 Å². The third-order valence-corrected chi connectivity index (χ3v) is 7.31. The van der Waals surface area contributed by atoms with Crippen molar-refractivity contribution in [2.45, 2.75) is 51.4 Å². The van der Waals surface area contributed by atoms with Gasteiger partial charge in [-0.1, -0.05) is 6.92 Å². The molecule has 24 heavy (non-hydrogen) atoms. The average Bonchev–Trinajstić information content (AvgIpc) is 2.91. The first kappa shape index (κ1) is 15.5. The zero-order valence-electron chi connectivity index (χ0n) is 14.1. The summed E-state index contributed by atoms with van der Waals surface area (Å²) >= 11 is 0. The topological polar surface area (TPSA) is 87.1 Å². The number of amides is 1. The summed E-state index contributed by atoms with van der Waals surface area (Å²) in [4.78, 5) is 11.9. The van der Waals surface area contributed by atoms with Crippen LogP contribution in [0.3, 0.4) is 0 Å². The van der Waals surface area contributed by atoms with Crippen molar-refractivity contribution in [3.63, 3.8) is 0 Å². The van der Waals surface area contributed by atoms with Crippen molar-refractivity contribution >= 4 is 5.91 Å². The number of benzene rings is 1. The lowest BCUT2D eigenvalue weighted by Gasteiger charge is -2.50. The monoisotopic (exact) mass is 324 g/mol. The summed E-state index contributed by atoms with van der Waals surface area (Å²) in [6, 6.07) is 5.80. The lowest BCUT2D eigenvalue weighted by atomic mass is 9.54. The normalized spacial score (nSPS) is 37.0. The van der Waals surface area contributed by atoms with Gasteiger partial charge in [-0.05, 0) is 85.0 Å². The van der Waals surface area contributed by atoms with Gasteiger partial charge in [0.15, 0.2) is 0 Å². The number of fused-ring (bicyclic) bond motifs is 5. The van der Waals surface area contributed by atoms with E-state index in [2.05, 4.69) is 13.0 Å². The van der Waals surface area contributed by atoms with E-state index in [0.717, 1.165) is 38.5 Å². The van der Waals surface area contributed by atoms with E-state index in [1.165, 1.54) is 11.1 Å². The Bertz CT molecular complexity index is 751. The molecule has 1 aromatic rings. The van der Waals surface area contributed by atoms with Crippen molar-refractivity contribution < 1.29 is 9.90 Å². The highest BCUT2D eigenvalue weighted by molar-refractivity contribution is 5.78. The number of hydrogen-bond donors (Lipinski definition) is 2. The lowest BCUT2D eigenvalue weighted by molar-refractivity contribution is -0.126. The third-order valence-electron chi connectivity index (χ3n) is 7.31. The van der Waals surface area contributed by atoms with Crippen molar-refractivity contribution in [2.75, 3.05) is 0 Å². The first-order chi connectivity index (χ1) is 11.5. The molecule has 0 heterocycles. The first-order valence-corrected chi connectivity index (χ1v) is 9.01. The Morgan fingerprint density at radius 2 is 2.12 bits per heavy atom. The van der Waals surface area contributed by atoms with Gasteiger partial charge in [-0.2, -0.15) is 5.26 Å². The predicted octanol–water partition coefficient (Wildman–Crippen LogP) is 3.22. The van der Waals surface area contributed by atoms with E-state index in [-0.39, 0.29) is 23.0 Å². The van der Waals surface area contributed by atoms with Gasteiger partial charge >= 0.3 is 0 Å². The maximum atomic E-state index is 11.9. The van der Waals surface area contributed by atoms with Crippen molar-refractivity contribution in [3.05, 3.63) is 28.8 Å². The highest BCUT2D eigenvalue weighted by Crippen LogP contribution is 2.63. The minimum Gasteiger partial charge on any atom is -0.507 e. The highest BCUT2D eigenvalue weighted by Gasteiger charge is 2.56. The molecule has 126 valence electrons. The van der Waals surface area contributed by atoms with Crippen LogP contribution >= 0.6 is 0 Å².